The Morgan fingerprint density at radius 3 is 2.37 bits per heavy atom. The van der Waals surface area contributed by atoms with E-state index in [-0.39, 0.29) is 30.7 Å². The number of carbonyl (C=O) groups is 3. The fraction of sp³-hybridized carbons (Fsp3) is 0.318. The van der Waals surface area contributed by atoms with Crippen molar-refractivity contribution in [3.05, 3.63) is 58.6 Å². The molecule has 1 fully saturated rings. The third-order valence-electron chi connectivity index (χ3n) is 4.77. The van der Waals surface area contributed by atoms with Crippen LogP contribution in [0.15, 0.2) is 53.0 Å². The molecule has 0 N–H and O–H groups in total. The zero-order chi connectivity index (χ0) is 21.8. The predicted molar refractivity (Wildman–Crippen MR) is 114 cm³/mol. The van der Waals surface area contributed by atoms with Crippen LogP contribution in [0.3, 0.4) is 0 Å². The van der Waals surface area contributed by atoms with Gasteiger partial charge in [0.15, 0.2) is 0 Å². The largest absolute Gasteiger partial charge is 0.497 e. The average molecular weight is 429 g/mol. The Morgan fingerprint density at radius 2 is 1.87 bits per heavy atom. The summed E-state index contributed by atoms with van der Waals surface area (Å²) in [7, 11) is 1.58. The van der Waals surface area contributed by atoms with Gasteiger partial charge in [-0.3, -0.25) is 14.5 Å². The number of β-lactam (4-membered cyclic amide) rings is 1. The Kier molecular flexibility index (Phi) is 6.56. The molecule has 0 spiro atoms. The number of esters is 1. The highest BCUT2D eigenvalue weighted by Gasteiger charge is 2.46. The summed E-state index contributed by atoms with van der Waals surface area (Å²) >= 11 is 1.39. The number of likely N-dealkylation sites (tertiary alicyclic amines) is 1. The van der Waals surface area contributed by atoms with E-state index in [2.05, 4.69) is 0 Å². The van der Waals surface area contributed by atoms with E-state index in [0.717, 1.165) is 5.56 Å². The number of rotatable bonds is 7. The molecule has 0 bridgehead atoms. The molecule has 1 aliphatic heterocycles. The van der Waals surface area contributed by atoms with Crippen LogP contribution in [0.4, 0.5) is 5.00 Å². The van der Waals surface area contributed by atoms with Crippen LogP contribution in [0.2, 0.25) is 0 Å². The molecule has 2 amide bonds. The van der Waals surface area contributed by atoms with Gasteiger partial charge in [-0.2, -0.15) is 0 Å². The van der Waals surface area contributed by atoms with Crippen molar-refractivity contribution in [3.8, 4) is 5.75 Å². The second-order valence-electron chi connectivity index (χ2n) is 7.08. The van der Waals surface area contributed by atoms with Crippen molar-refractivity contribution in [1.82, 2.24) is 4.90 Å². The van der Waals surface area contributed by atoms with Crippen LogP contribution in [-0.4, -0.2) is 42.4 Å². The third kappa shape index (κ3) is 4.38. The van der Waals surface area contributed by atoms with Crippen molar-refractivity contribution in [2.45, 2.75) is 33.4 Å². The van der Waals surface area contributed by atoms with Gasteiger partial charge >= 0.3 is 5.97 Å². The van der Waals surface area contributed by atoms with Crippen molar-refractivity contribution in [3.63, 3.8) is 0 Å². The molecule has 0 aliphatic carbocycles. The maximum atomic E-state index is 12.9. The average Bonchev–Trinajstić information content (AvgIpc) is 3.25. The highest BCUT2D eigenvalue weighted by molar-refractivity contribution is 7.14. The van der Waals surface area contributed by atoms with Gasteiger partial charge < -0.3 is 14.4 Å². The van der Waals surface area contributed by atoms with E-state index in [1.165, 1.54) is 28.1 Å². The molecule has 1 atom stereocenters. The van der Waals surface area contributed by atoms with E-state index in [9.17, 15) is 14.4 Å². The van der Waals surface area contributed by atoms with Crippen LogP contribution in [0.25, 0.3) is 0 Å². The lowest BCUT2D eigenvalue weighted by Gasteiger charge is -2.44. The number of thiophene rings is 1. The molecule has 30 heavy (non-hydrogen) atoms. The van der Waals surface area contributed by atoms with E-state index in [0.29, 0.717) is 16.3 Å². The molecule has 0 saturated carbocycles. The lowest BCUT2D eigenvalue weighted by Crippen LogP contribution is -2.65. The summed E-state index contributed by atoms with van der Waals surface area (Å²) in [5.74, 6) is -0.358. The van der Waals surface area contributed by atoms with Crippen molar-refractivity contribution >= 4 is 34.1 Å². The van der Waals surface area contributed by atoms with Gasteiger partial charge in [0, 0.05) is 6.92 Å². The summed E-state index contributed by atoms with van der Waals surface area (Å²) < 4.78 is 10.6. The summed E-state index contributed by atoms with van der Waals surface area (Å²) in [6.45, 7) is 5.27. The molecular formula is C22H24N2O5S. The SMILES string of the molecule is COc1ccc(COC(=O)C(=C(C)C)N2CC(N(C(C)=O)c3cccs3)C2=O)cc1. The molecule has 158 valence electrons. The van der Waals surface area contributed by atoms with Gasteiger partial charge in [-0.15, -0.1) is 11.3 Å². The molecule has 0 radical (unpaired) electrons. The molecule has 1 saturated heterocycles. The van der Waals surface area contributed by atoms with E-state index in [1.807, 2.05) is 23.6 Å². The third-order valence-corrected chi connectivity index (χ3v) is 5.63. The van der Waals surface area contributed by atoms with Crippen LogP contribution in [0.1, 0.15) is 26.3 Å². The zero-order valence-corrected chi connectivity index (χ0v) is 18.2. The Bertz CT molecular complexity index is 962. The van der Waals surface area contributed by atoms with Gasteiger partial charge in [0.2, 0.25) is 5.91 Å². The minimum atomic E-state index is -0.620. The van der Waals surface area contributed by atoms with Gasteiger partial charge in [0.25, 0.3) is 5.91 Å². The molecule has 3 rings (SSSR count). The molecule has 1 unspecified atom stereocenters. The quantitative estimate of drug-likeness (QED) is 0.384. The Morgan fingerprint density at radius 1 is 1.17 bits per heavy atom. The highest BCUT2D eigenvalue weighted by Crippen LogP contribution is 2.31. The Balaban J connectivity index is 1.68. The lowest BCUT2D eigenvalue weighted by molar-refractivity contribution is -0.150. The highest BCUT2D eigenvalue weighted by atomic mass is 32.1. The van der Waals surface area contributed by atoms with E-state index >= 15 is 0 Å². The number of methoxy groups -OCH3 is 1. The van der Waals surface area contributed by atoms with Crippen molar-refractivity contribution in [1.29, 1.82) is 0 Å². The second-order valence-corrected chi connectivity index (χ2v) is 8.00. The molecule has 2 aromatic rings. The second kappa shape index (κ2) is 9.13. The number of anilines is 1. The van der Waals surface area contributed by atoms with Crippen LogP contribution >= 0.6 is 11.3 Å². The molecule has 7 nitrogen and oxygen atoms in total. The first kappa shape index (κ1) is 21.6. The first-order chi connectivity index (χ1) is 14.3. The van der Waals surface area contributed by atoms with Gasteiger partial charge in [-0.1, -0.05) is 12.1 Å². The number of nitrogens with zero attached hydrogens (tertiary/aromatic N) is 2. The minimum absolute atomic E-state index is 0.0832. The standard InChI is InChI=1S/C22H24N2O5S/c1-14(2)20(22(27)29-13-16-7-9-17(28-4)10-8-16)23-12-18(21(23)26)24(15(3)25)19-6-5-11-30-19/h5-11,18H,12-13H2,1-4H3. The predicted octanol–water partition coefficient (Wildman–Crippen LogP) is 3.36. The fourth-order valence-corrected chi connectivity index (χ4v) is 4.08. The van der Waals surface area contributed by atoms with Gasteiger partial charge in [0.05, 0.1) is 18.7 Å². The first-order valence-electron chi connectivity index (χ1n) is 9.45. The minimum Gasteiger partial charge on any atom is -0.497 e. The van der Waals surface area contributed by atoms with Gasteiger partial charge in [0.1, 0.15) is 24.1 Å². The number of carbonyl (C=O) groups excluding carboxylic acids is 3. The normalized spacial score (nSPS) is 15.3. The van der Waals surface area contributed by atoms with E-state index in [1.54, 1.807) is 39.2 Å². The van der Waals surface area contributed by atoms with Crippen LogP contribution in [0.5, 0.6) is 5.75 Å². The lowest BCUT2D eigenvalue weighted by atomic mass is 10.0. The first-order valence-corrected chi connectivity index (χ1v) is 10.3. The summed E-state index contributed by atoms with van der Waals surface area (Å²) in [5, 5.41) is 2.56. The number of hydrogen-bond acceptors (Lipinski definition) is 6. The number of benzene rings is 1. The zero-order valence-electron chi connectivity index (χ0n) is 17.4. The fourth-order valence-electron chi connectivity index (χ4n) is 3.26. The van der Waals surface area contributed by atoms with Gasteiger partial charge in [-0.25, -0.2) is 4.79 Å². The van der Waals surface area contributed by atoms with Crippen LogP contribution in [0, 0.1) is 0 Å². The van der Waals surface area contributed by atoms with Crippen molar-refractivity contribution in [2.24, 2.45) is 0 Å². The Labute approximate surface area is 179 Å². The number of ether oxygens (including phenoxy) is 2. The van der Waals surface area contributed by atoms with E-state index < -0.39 is 12.0 Å². The summed E-state index contributed by atoms with van der Waals surface area (Å²) in [6.07, 6.45) is 0. The molecule has 1 aromatic carbocycles. The molecule has 8 heteroatoms. The monoisotopic (exact) mass is 428 g/mol. The Hall–Kier alpha value is -3.13. The summed E-state index contributed by atoms with van der Waals surface area (Å²) in [6, 6.07) is 10.2. The maximum absolute atomic E-state index is 12.9. The summed E-state index contributed by atoms with van der Waals surface area (Å²) in [4.78, 5) is 40.6. The number of allylic oxidation sites excluding steroid dienone is 1. The van der Waals surface area contributed by atoms with E-state index in [4.69, 9.17) is 9.47 Å². The van der Waals surface area contributed by atoms with Gasteiger partial charge in [-0.05, 0) is 54.6 Å². The molecule has 1 aliphatic rings. The smallest absolute Gasteiger partial charge is 0.355 e. The topological polar surface area (TPSA) is 76.2 Å². The molecule has 2 heterocycles. The molecular weight excluding hydrogens is 404 g/mol. The van der Waals surface area contributed by atoms with Crippen LogP contribution in [-0.2, 0) is 25.7 Å². The van der Waals surface area contributed by atoms with Crippen LogP contribution < -0.4 is 9.64 Å². The molecule has 1 aromatic heterocycles. The number of hydrogen-bond donors (Lipinski definition) is 0. The maximum Gasteiger partial charge on any atom is 0.355 e. The van der Waals surface area contributed by atoms with Crippen molar-refractivity contribution < 1.29 is 23.9 Å². The van der Waals surface area contributed by atoms with Crippen molar-refractivity contribution in [2.75, 3.05) is 18.6 Å². The number of amides is 2. The summed E-state index contributed by atoms with van der Waals surface area (Å²) in [5.41, 5.74) is 1.71.